The number of hydrogen-bond donors (Lipinski definition) is 0. The average molecular weight is 550 g/mol. The molecule has 1 aromatic rings. The zero-order valence-corrected chi connectivity index (χ0v) is 22.6. The first-order valence-corrected chi connectivity index (χ1v) is 14.2. The quantitative estimate of drug-likeness (QED) is 0.435. The maximum atomic E-state index is 12.9. The summed E-state index contributed by atoms with van der Waals surface area (Å²) in [5, 5.41) is -0.0376. The molecule has 0 N–H and O–H groups in total. The van der Waals surface area contributed by atoms with E-state index in [-0.39, 0.29) is 40.6 Å². The van der Waals surface area contributed by atoms with Gasteiger partial charge in [0.15, 0.2) is 0 Å². The molecule has 0 unspecified atom stereocenters. The number of carbonyl (C=O) groups excluding carboxylic acids is 1. The van der Waals surface area contributed by atoms with Crippen molar-refractivity contribution in [3.63, 3.8) is 0 Å². The van der Waals surface area contributed by atoms with Gasteiger partial charge in [-0.1, -0.05) is 23.2 Å². The van der Waals surface area contributed by atoms with E-state index in [4.69, 9.17) is 32.7 Å². The summed E-state index contributed by atoms with van der Waals surface area (Å²) in [4.78, 5) is 19.4. The van der Waals surface area contributed by atoms with Gasteiger partial charge in [0.1, 0.15) is 17.3 Å². The van der Waals surface area contributed by atoms with Crippen molar-refractivity contribution in [3.05, 3.63) is 22.2 Å². The zero-order chi connectivity index (χ0) is 25.2. The lowest BCUT2D eigenvalue weighted by atomic mass is 9.83. The number of amides is 1. The molecule has 196 valence electrons. The summed E-state index contributed by atoms with van der Waals surface area (Å²) in [6, 6.07) is 3.43. The summed E-state index contributed by atoms with van der Waals surface area (Å²) in [6.07, 6.45) is 2.58. The topological polar surface area (TPSA) is 82.6 Å². The van der Waals surface area contributed by atoms with E-state index in [1.54, 1.807) is 0 Å². The van der Waals surface area contributed by atoms with Crippen LogP contribution in [0.3, 0.4) is 0 Å². The van der Waals surface area contributed by atoms with Gasteiger partial charge in [0, 0.05) is 64.5 Å². The number of piperazine rings is 1. The first kappa shape index (κ1) is 26.9. The van der Waals surface area contributed by atoms with Crippen molar-refractivity contribution in [3.8, 4) is 5.75 Å². The van der Waals surface area contributed by atoms with Crippen molar-refractivity contribution in [2.45, 2.75) is 23.8 Å². The number of carbonyl (C=O) groups is 1. The second-order valence-electron chi connectivity index (χ2n) is 9.42. The van der Waals surface area contributed by atoms with Crippen LogP contribution in [0.2, 0.25) is 10.0 Å². The van der Waals surface area contributed by atoms with Crippen LogP contribution in [-0.2, 0) is 19.6 Å². The molecule has 35 heavy (non-hydrogen) atoms. The molecule has 4 saturated heterocycles. The van der Waals surface area contributed by atoms with Gasteiger partial charge in [0.25, 0.3) is 0 Å². The zero-order valence-electron chi connectivity index (χ0n) is 20.3. The van der Waals surface area contributed by atoms with Crippen molar-refractivity contribution >= 4 is 39.1 Å². The van der Waals surface area contributed by atoms with Gasteiger partial charge < -0.3 is 19.3 Å². The lowest BCUT2D eigenvalue weighted by Crippen LogP contribution is -2.61. The van der Waals surface area contributed by atoms with Crippen LogP contribution in [0.1, 0.15) is 12.8 Å². The number of piperidine rings is 3. The van der Waals surface area contributed by atoms with E-state index in [0.29, 0.717) is 24.9 Å². The van der Waals surface area contributed by atoms with Gasteiger partial charge in [-0.25, -0.2) is 8.42 Å². The molecule has 1 aromatic carbocycles. The third kappa shape index (κ3) is 6.06. The number of rotatable bonds is 9. The van der Waals surface area contributed by atoms with Gasteiger partial charge in [-0.15, -0.1) is 0 Å². The highest BCUT2D eigenvalue weighted by Gasteiger charge is 2.38. The van der Waals surface area contributed by atoms with E-state index in [2.05, 4.69) is 9.80 Å². The Morgan fingerprint density at radius 3 is 2.26 bits per heavy atom. The minimum Gasteiger partial charge on any atom is -0.497 e. The second kappa shape index (κ2) is 11.5. The number of likely N-dealkylation sites (N-methyl/N-ethyl adjacent to an activating group) is 1. The molecule has 0 aliphatic carbocycles. The minimum atomic E-state index is -3.94. The fourth-order valence-electron chi connectivity index (χ4n) is 5.27. The Morgan fingerprint density at radius 1 is 1.09 bits per heavy atom. The Bertz CT molecular complexity index is 988. The van der Waals surface area contributed by atoms with Crippen molar-refractivity contribution in [2.75, 3.05) is 79.7 Å². The smallest absolute Gasteiger partial charge is 0.248 e. The molecule has 4 heterocycles. The minimum absolute atomic E-state index is 0.0188. The molecular weight excluding hydrogens is 515 g/mol. The maximum absolute atomic E-state index is 12.9. The maximum Gasteiger partial charge on any atom is 0.248 e. The highest BCUT2D eigenvalue weighted by molar-refractivity contribution is 7.89. The highest BCUT2D eigenvalue weighted by atomic mass is 35.5. The summed E-state index contributed by atoms with van der Waals surface area (Å²) in [5.41, 5.74) is 0. The third-order valence-corrected chi connectivity index (χ3v) is 10.2. The molecule has 2 bridgehead atoms. The van der Waals surface area contributed by atoms with Crippen LogP contribution in [0, 0.1) is 5.92 Å². The largest absolute Gasteiger partial charge is 0.497 e. The molecular formula is C23H34Cl2N4O5S. The third-order valence-electron chi connectivity index (χ3n) is 7.41. The molecule has 1 atom stereocenters. The van der Waals surface area contributed by atoms with Crippen molar-refractivity contribution < 1.29 is 22.7 Å². The van der Waals surface area contributed by atoms with Gasteiger partial charge >= 0.3 is 0 Å². The van der Waals surface area contributed by atoms with Crippen molar-refractivity contribution in [1.29, 1.82) is 0 Å². The summed E-state index contributed by atoms with van der Waals surface area (Å²) < 4.78 is 37.6. The number of methoxy groups -OCH3 is 1. The molecule has 0 aromatic heterocycles. The van der Waals surface area contributed by atoms with Crippen LogP contribution in [0.5, 0.6) is 5.75 Å². The van der Waals surface area contributed by atoms with Crippen LogP contribution < -0.4 is 4.74 Å². The monoisotopic (exact) mass is 548 g/mol. The van der Waals surface area contributed by atoms with Crippen LogP contribution >= 0.6 is 23.2 Å². The van der Waals surface area contributed by atoms with E-state index >= 15 is 0 Å². The normalized spacial score (nSPS) is 25.3. The van der Waals surface area contributed by atoms with E-state index in [0.717, 1.165) is 29.9 Å². The van der Waals surface area contributed by atoms with Crippen molar-refractivity contribution in [1.82, 2.24) is 19.0 Å². The van der Waals surface area contributed by atoms with Crippen molar-refractivity contribution in [2.24, 2.45) is 5.92 Å². The van der Waals surface area contributed by atoms with Gasteiger partial charge in [-0.3, -0.25) is 9.69 Å². The summed E-state index contributed by atoms with van der Waals surface area (Å²) in [5.74, 6) is 1.10. The molecule has 4 aliphatic rings. The lowest BCUT2D eigenvalue weighted by Gasteiger charge is -2.51. The summed E-state index contributed by atoms with van der Waals surface area (Å²) in [6.45, 7) is 6.87. The van der Waals surface area contributed by atoms with E-state index in [1.165, 1.54) is 52.2 Å². The number of benzene rings is 1. The molecule has 0 spiro atoms. The number of fused-ring (bicyclic) bond motifs is 3. The van der Waals surface area contributed by atoms with E-state index < -0.39 is 10.0 Å². The van der Waals surface area contributed by atoms with Crippen LogP contribution in [-0.4, -0.2) is 119 Å². The predicted molar refractivity (Wildman–Crippen MR) is 135 cm³/mol. The molecule has 0 radical (unpaired) electrons. The Morgan fingerprint density at radius 2 is 1.71 bits per heavy atom. The number of nitrogens with zero attached hydrogens (tertiary/aromatic N) is 4. The SMILES string of the molecule is COc1cc(Cl)c(S(=O)(=O)N(C)CCOCC(=O)N2CCN([C@@H]3CN4CCC3CC4)CC2)c(Cl)c1. The van der Waals surface area contributed by atoms with E-state index in [9.17, 15) is 13.2 Å². The Kier molecular flexibility index (Phi) is 8.84. The van der Waals surface area contributed by atoms with Crippen LogP contribution in [0.4, 0.5) is 0 Å². The first-order chi connectivity index (χ1) is 16.7. The highest BCUT2D eigenvalue weighted by Crippen LogP contribution is 2.35. The molecule has 1 amide bonds. The standard InChI is InChI=1S/C23H34Cl2N4O5S/c1-26(35(31,32)23-19(24)13-18(33-2)14-20(23)25)11-12-34-16-22(30)29-9-7-28(8-10-29)21-15-27-5-3-17(21)4-6-27/h13-14,17,21H,3-12,15-16H2,1-2H3/t21-/m1/s1. The Labute approximate surface area is 217 Å². The molecule has 12 heteroatoms. The molecule has 4 aliphatic heterocycles. The number of hydrogen-bond acceptors (Lipinski definition) is 7. The summed E-state index contributed by atoms with van der Waals surface area (Å²) in [7, 11) is -1.07. The lowest BCUT2D eigenvalue weighted by molar-refractivity contribution is -0.139. The number of ether oxygens (including phenoxy) is 2. The predicted octanol–water partition coefficient (Wildman–Crippen LogP) is 1.88. The van der Waals surface area contributed by atoms with Crippen LogP contribution in [0.15, 0.2) is 17.0 Å². The fraction of sp³-hybridized carbons (Fsp3) is 0.696. The molecule has 9 nitrogen and oxygen atoms in total. The summed E-state index contributed by atoms with van der Waals surface area (Å²) >= 11 is 12.3. The van der Waals surface area contributed by atoms with Gasteiger partial charge in [0.2, 0.25) is 15.9 Å². The Hall–Kier alpha value is -1.14. The molecule has 0 saturated carbocycles. The molecule has 5 rings (SSSR count). The first-order valence-electron chi connectivity index (χ1n) is 12.0. The molecule has 4 fully saturated rings. The van der Waals surface area contributed by atoms with Crippen LogP contribution in [0.25, 0.3) is 0 Å². The number of halogens is 2. The Balaban J connectivity index is 1.20. The average Bonchev–Trinajstić information content (AvgIpc) is 2.86. The fourth-order valence-corrected chi connectivity index (χ4v) is 7.56. The van der Waals surface area contributed by atoms with E-state index in [1.807, 2.05) is 4.90 Å². The van der Waals surface area contributed by atoms with Gasteiger partial charge in [-0.05, 0) is 31.8 Å². The number of sulfonamides is 1. The second-order valence-corrected chi connectivity index (χ2v) is 12.2. The van der Waals surface area contributed by atoms with Gasteiger partial charge in [0.05, 0.1) is 23.8 Å². The van der Waals surface area contributed by atoms with Gasteiger partial charge in [-0.2, -0.15) is 4.31 Å².